The van der Waals surface area contributed by atoms with Gasteiger partial charge >= 0.3 is 0 Å². The smallest absolute Gasteiger partial charge is 0.124 e. The van der Waals surface area contributed by atoms with Crippen molar-refractivity contribution >= 4 is 0 Å². The number of ether oxygens (including phenoxy) is 1. The minimum atomic E-state index is -0.368. The van der Waals surface area contributed by atoms with Crippen molar-refractivity contribution < 1.29 is 9.84 Å². The molecule has 0 spiro atoms. The third-order valence-corrected chi connectivity index (χ3v) is 3.00. The molecular weight excluding hydrogens is 188 g/mol. The monoisotopic (exact) mass is 206 g/mol. The van der Waals surface area contributed by atoms with Gasteiger partial charge in [-0.25, -0.2) is 0 Å². The fraction of sp³-hybridized carbons (Fsp3) is 0.538. The van der Waals surface area contributed by atoms with Crippen LogP contribution >= 0.6 is 0 Å². The Bertz CT molecular complexity index is 342. The molecule has 0 radical (unpaired) electrons. The Morgan fingerprint density at radius 1 is 1.47 bits per heavy atom. The maximum Gasteiger partial charge on any atom is 0.124 e. The Kier molecular flexibility index (Phi) is 2.96. The highest BCUT2D eigenvalue weighted by atomic mass is 16.5. The van der Waals surface area contributed by atoms with E-state index in [1.807, 2.05) is 25.1 Å². The number of rotatable bonds is 4. The van der Waals surface area contributed by atoms with Crippen LogP contribution in [-0.4, -0.2) is 12.2 Å². The molecule has 1 fully saturated rings. The molecule has 1 aromatic rings. The fourth-order valence-electron chi connectivity index (χ4n) is 1.91. The number of aliphatic hydroxyl groups is 1. The summed E-state index contributed by atoms with van der Waals surface area (Å²) in [4.78, 5) is 0. The van der Waals surface area contributed by atoms with E-state index in [1.165, 1.54) is 18.4 Å². The Hall–Kier alpha value is -1.02. The van der Waals surface area contributed by atoms with Crippen LogP contribution in [0.4, 0.5) is 0 Å². The first kappa shape index (κ1) is 10.5. The average Bonchev–Trinajstić information content (AvgIpc) is 3.01. The van der Waals surface area contributed by atoms with Crippen LogP contribution in [-0.2, 0) is 0 Å². The van der Waals surface area contributed by atoms with Gasteiger partial charge in [0.15, 0.2) is 0 Å². The Morgan fingerprint density at radius 2 is 2.20 bits per heavy atom. The molecule has 1 unspecified atom stereocenters. The molecule has 1 atom stereocenters. The van der Waals surface area contributed by atoms with Crippen LogP contribution < -0.4 is 4.74 Å². The second-order valence-corrected chi connectivity index (χ2v) is 4.44. The first-order valence-corrected chi connectivity index (χ1v) is 5.53. The predicted molar refractivity (Wildman–Crippen MR) is 60.0 cm³/mol. The lowest BCUT2D eigenvalue weighted by molar-refractivity contribution is 0.156. The molecule has 1 aliphatic carbocycles. The molecule has 82 valence electrons. The lowest BCUT2D eigenvalue weighted by atomic mass is 10.0. The summed E-state index contributed by atoms with van der Waals surface area (Å²) in [5, 5.41) is 10.1. The molecule has 0 amide bonds. The molecule has 1 saturated carbocycles. The van der Waals surface area contributed by atoms with Gasteiger partial charge in [-0.05, 0) is 31.4 Å². The number of aryl methyl sites for hydroxylation is 1. The van der Waals surface area contributed by atoms with Crippen molar-refractivity contribution in [2.75, 3.05) is 7.11 Å². The maximum absolute atomic E-state index is 10.1. The molecule has 2 heteroatoms. The average molecular weight is 206 g/mol. The topological polar surface area (TPSA) is 29.5 Å². The number of aliphatic hydroxyl groups excluding tert-OH is 1. The van der Waals surface area contributed by atoms with Crippen LogP contribution in [0.2, 0.25) is 0 Å². The molecule has 1 aromatic carbocycles. The van der Waals surface area contributed by atoms with Gasteiger partial charge in [0.2, 0.25) is 0 Å². The van der Waals surface area contributed by atoms with Crippen molar-refractivity contribution in [3.63, 3.8) is 0 Å². The molecule has 0 heterocycles. The van der Waals surface area contributed by atoms with Gasteiger partial charge in [-0.15, -0.1) is 0 Å². The van der Waals surface area contributed by atoms with Gasteiger partial charge in [0.05, 0.1) is 13.2 Å². The second kappa shape index (κ2) is 4.23. The first-order chi connectivity index (χ1) is 7.20. The van der Waals surface area contributed by atoms with E-state index >= 15 is 0 Å². The van der Waals surface area contributed by atoms with E-state index in [9.17, 15) is 5.11 Å². The summed E-state index contributed by atoms with van der Waals surface area (Å²) < 4.78 is 5.26. The van der Waals surface area contributed by atoms with E-state index in [4.69, 9.17) is 4.74 Å². The van der Waals surface area contributed by atoms with Crippen molar-refractivity contribution in [3.05, 3.63) is 29.3 Å². The summed E-state index contributed by atoms with van der Waals surface area (Å²) in [5.41, 5.74) is 2.10. The van der Waals surface area contributed by atoms with Crippen molar-refractivity contribution in [3.8, 4) is 5.75 Å². The van der Waals surface area contributed by atoms with Gasteiger partial charge in [0, 0.05) is 5.56 Å². The Morgan fingerprint density at radius 3 is 2.80 bits per heavy atom. The molecule has 0 aliphatic heterocycles. The van der Waals surface area contributed by atoms with Crippen molar-refractivity contribution in [2.45, 2.75) is 32.3 Å². The molecule has 1 aliphatic rings. The van der Waals surface area contributed by atoms with Crippen LogP contribution in [0.15, 0.2) is 18.2 Å². The van der Waals surface area contributed by atoms with Crippen LogP contribution in [0.1, 0.15) is 36.5 Å². The van der Waals surface area contributed by atoms with Crippen LogP contribution in [0, 0.1) is 12.8 Å². The highest BCUT2D eigenvalue weighted by Gasteiger charge is 2.26. The Labute approximate surface area is 90.9 Å². The number of methoxy groups -OCH3 is 1. The van der Waals surface area contributed by atoms with E-state index < -0.39 is 0 Å². The molecule has 1 N–H and O–H groups in total. The van der Waals surface area contributed by atoms with E-state index in [0.29, 0.717) is 0 Å². The molecule has 15 heavy (non-hydrogen) atoms. The molecule has 2 nitrogen and oxygen atoms in total. The lowest BCUT2D eigenvalue weighted by Gasteiger charge is -2.15. The standard InChI is InChI=1S/C13H18O2/c1-9-3-6-13(15-2)11(7-9)12(14)8-10-4-5-10/h3,6-7,10,12,14H,4-5,8H2,1-2H3. The van der Waals surface area contributed by atoms with Crippen LogP contribution in [0.5, 0.6) is 5.75 Å². The highest BCUT2D eigenvalue weighted by molar-refractivity contribution is 5.38. The quantitative estimate of drug-likeness (QED) is 0.820. The summed E-state index contributed by atoms with van der Waals surface area (Å²) >= 11 is 0. The summed E-state index contributed by atoms with van der Waals surface area (Å²) in [6, 6.07) is 5.96. The van der Waals surface area contributed by atoms with Crippen molar-refractivity contribution in [1.82, 2.24) is 0 Å². The first-order valence-electron chi connectivity index (χ1n) is 5.53. The normalized spacial score (nSPS) is 17.5. The number of benzene rings is 1. The minimum absolute atomic E-state index is 0.368. The zero-order valence-corrected chi connectivity index (χ0v) is 9.36. The molecule has 0 saturated heterocycles. The summed E-state index contributed by atoms with van der Waals surface area (Å²) in [6.45, 7) is 2.03. The zero-order chi connectivity index (χ0) is 10.8. The summed E-state index contributed by atoms with van der Waals surface area (Å²) in [6.07, 6.45) is 3.04. The highest BCUT2D eigenvalue weighted by Crippen LogP contribution is 2.39. The molecule has 0 aromatic heterocycles. The van der Waals surface area contributed by atoms with Gasteiger partial charge in [0.1, 0.15) is 5.75 Å². The number of hydrogen-bond donors (Lipinski definition) is 1. The largest absolute Gasteiger partial charge is 0.496 e. The fourth-order valence-corrected chi connectivity index (χ4v) is 1.91. The van der Waals surface area contributed by atoms with Crippen LogP contribution in [0.25, 0.3) is 0 Å². The Balaban J connectivity index is 2.18. The molecule has 0 bridgehead atoms. The van der Waals surface area contributed by atoms with Gasteiger partial charge in [-0.1, -0.05) is 24.5 Å². The van der Waals surface area contributed by atoms with E-state index in [-0.39, 0.29) is 6.10 Å². The van der Waals surface area contributed by atoms with Crippen molar-refractivity contribution in [1.29, 1.82) is 0 Å². The van der Waals surface area contributed by atoms with Gasteiger partial charge in [-0.2, -0.15) is 0 Å². The lowest BCUT2D eigenvalue weighted by Crippen LogP contribution is -2.02. The van der Waals surface area contributed by atoms with Gasteiger partial charge < -0.3 is 9.84 Å². The van der Waals surface area contributed by atoms with Gasteiger partial charge in [-0.3, -0.25) is 0 Å². The predicted octanol–water partition coefficient (Wildman–Crippen LogP) is 2.84. The molecule has 2 rings (SSSR count). The van der Waals surface area contributed by atoms with E-state index in [2.05, 4.69) is 0 Å². The minimum Gasteiger partial charge on any atom is -0.496 e. The third kappa shape index (κ3) is 2.51. The van der Waals surface area contributed by atoms with E-state index in [1.54, 1.807) is 7.11 Å². The third-order valence-electron chi connectivity index (χ3n) is 3.00. The van der Waals surface area contributed by atoms with Crippen LogP contribution in [0.3, 0.4) is 0 Å². The molecular formula is C13H18O2. The zero-order valence-electron chi connectivity index (χ0n) is 9.36. The van der Waals surface area contributed by atoms with Gasteiger partial charge in [0.25, 0.3) is 0 Å². The van der Waals surface area contributed by atoms with Crippen molar-refractivity contribution in [2.24, 2.45) is 5.92 Å². The summed E-state index contributed by atoms with van der Waals surface area (Å²) in [5.74, 6) is 1.53. The SMILES string of the molecule is COc1ccc(C)cc1C(O)CC1CC1. The maximum atomic E-state index is 10.1. The summed E-state index contributed by atoms with van der Waals surface area (Å²) in [7, 11) is 1.65. The van der Waals surface area contributed by atoms with E-state index in [0.717, 1.165) is 23.7 Å². The second-order valence-electron chi connectivity index (χ2n) is 4.44. The number of hydrogen-bond acceptors (Lipinski definition) is 2.